The number of allylic oxidation sites excluding steroid dienone is 4. The van der Waals surface area contributed by atoms with Gasteiger partial charge in [-0.15, -0.1) is 36.4 Å². The maximum absolute atomic E-state index is 3.76. The molecule has 1 atom stereocenters. The second kappa shape index (κ2) is 18.1. The fraction of sp³-hybridized carbons (Fsp3) is 0.306. The summed E-state index contributed by atoms with van der Waals surface area (Å²) in [6, 6.07) is 32.4. The molecule has 0 aromatic heterocycles. The van der Waals surface area contributed by atoms with Crippen molar-refractivity contribution in [2.24, 2.45) is 5.92 Å². The summed E-state index contributed by atoms with van der Waals surface area (Å²) in [5.74, 6) is 0.730. The molecule has 0 N–H and O–H groups in total. The Hall–Kier alpha value is -2.32. The average Bonchev–Trinajstić information content (AvgIpc) is 3.21. The Balaban J connectivity index is 0.000000276. The van der Waals surface area contributed by atoms with E-state index in [0.29, 0.717) is 0 Å². The van der Waals surface area contributed by atoms with Crippen molar-refractivity contribution in [3.8, 4) is 0 Å². The topological polar surface area (TPSA) is 0 Å². The Kier molecular flexibility index (Phi) is 16.0. The fourth-order valence-corrected chi connectivity index (χ4v) is 6.01. The summed E-state index contributed by atoms with van der Waals surface area (Å²) < 4.78 is 0. The van der Waals surface area contributed by atoms with Gasteiger partial charge in [0.25, 0.3) is 0 Å². The first kappa shape index (κ1) is 33.7. The Morgan fingerprint density at radius 2 is 1.11 bits per heavy atom. The van der Waals surface area contributed by atoms with Crippen LogP contribution in [0.15, 0.2) is 108 Å². The van der Waals surface area contributed by atoms with E-state index in [1.165, 1.54) is 37.8 Å². The average molecular weight is 555 g/mol. The summed E-state index contributed by atoms with van der Waals surface area (Å²) in [6.45, 7) is 21.0. The Labute approximate surface area is 250 Å². The van der Waals surface area contributed by atoms with Gasteiger partial charge in [-0.3, -0.25) is 0 Å². The largest absolute Gasteiger partial charge is 4.00 e. The van der Waals surface area contributed by atoms with Crippen LogP contribution in [0.25, 0.3) is 0 Å². The van der Waals surface area contributed by atoms with Crippen LogP contribution >= 0.6 is 0 Å². The van der Waals surface area contributed by atoms with Crippen molar-refractivity contribution in [2.45, 2.75) is 64.7 Å². The molecule has 2 heteroatoms. The Morgan fingerprint density at radius 1 is 0.711 bits per heavy atom. The summed E-state index contributed by atoms with van der Waals surface area (Å²) in [5, 5.41) is 0. The van der Waals surface area contributed by atoms with Gasteiger partial charge in [-0.2, -0.15) is 79.4 Å². The van der Waals surface area contributed by atoms with Crippen molar-refractivity contribution in [3.63, 3.8) is 0 Å². The fourth-order valence-electron chi connectivity index (χ4n) is 4.33. The molecule has 3 aromatic carbocycles. The van der Waals surface area contributed by atoms with Gasteiger partial charge in [-0.05, 0) is 0 Å². The number of hydrogen-bond donors (Lipinski definition) is 0. The van der Waals surface area contributed by atoms with E-state index in [-0.39, 0.29) is 21.7 Å². The first-order chi connectivity index (χ1) is 17.7. The molecule has 5 rings (SSSR count). The van der Waals surface area contributed by atoms with Gasteiger partial charge in [0.05, 0.1) is 0 Å². The third-order valence-corrected chi connectivity index (χ3v) is 10.3. The quantitative estimate of drug-likeness (QED) is 0.223. The molecule has 2 aliphatic carbocycles. The number of benzene rings is 3. The smallest absolute Gasteiger partial charge is 0.249 e. The minimum Gasteiger partial charge on any atom is -0.249 e. The van der Waals surface area contributed by atoms with Crippen LogP contribution in [-0.2, 0) is 21.7 Å². The van der Waals surface area contributed by atoms with Gasteiger partial charge in [0.1, 0.15) is 0 Å². The van der Waals surface area contributed by atoms with E-state index < -0.39 is 8.07 Å². The maximum atomic E-state index is 3.76. The number of hydrogen-bond acceptors (Lipinski definition) is 0. The van der Waals surface area contributed by atoms with E-state index in [1.807, 2.05) is 91.0 Å². The van der Waals surface area contributed by atoms with Crippen LogP contribution in [0.2, 0.25) is 25.2 Å². The van der Waals surface area contributed by atoms with Crippen molar-refractivity contribution in [1.82, 2.24) is 0 Å². The second-order valence-corrected chi connectivity index (χ2v) is 16.1. The molecule has 198 valence electrons. The molecule has 0 nitrogen and oxygen atoms in total. The van der Waals surface area contributed by atoms with Crippen LogP contribution in [0.4, 0.5) is 0 Å². The molecule has 38 heavy (non-hydrogen) atoms. The molecule has 0 radical (unpaired) electrons. The molecule has 0 heterocycles. The van der Waals surface area contributed by atoms with Gasteiger partial charge in [-0.25, -0.2) is 17.2 Å². The van der Waals surface area contributed by atoms with Gasteiger partial charge >= 0.3 is 21.7 Å². The van der Waals surface area contributed by atoms with Crippen molar-refractivity contribution in [2.75, 3.05) is 0 Å². The van der Waals surface area contributed by atoms with Crippen LogP contribution in [0.1, 0.15) is 56.2 Å². The van der Waals surface area contributed by atoms with Gasteiger partial charge in [0.2, 0.25) is 0 Å². The van der Waals surface area contributed by atoms with E-state index in [9.17, 15) is 0 Å². The van der Waals surface area contributed by atoms with Crippen molar-refractivity contribution in [1.29, 1.82) is 0 Å². The minimum atomic E-state index is -0.975. The molecule has 1 unspecified atom stereocenters. The van der Waals surface area contributed by atoms with E-state index in [0.717, 1.165) is 22.6 Å². The molecule has 0 saturated carbocycles. The van der Waals surface area contributed by atoms with E-state index >= 15 is 0 Å². The standard InChI is InChI=1S/C15H25Si.3C7H7.Ti/c1-5-16(3,4)11-14-10-13-8-6-7-9-15(13)12(14)2;3*1-7-5-3-2-4-6-7;/h12H,5-9,11H2,1-4H3;3*2-6H,1H2;/q4*-1;+4. The molecule has 0 spiro atoms. The van der Waals surface area contributed by atoms with Crippen molar-refractivity contribution < 1.29 is 21.7 Å². The first-order valence-electron chi connectivity index (χ1n) is 13.7. The predicted molar refractivity (Wildman–Crippen MR) is 167 cm³/mol. The van der Waals surface area contributed by atoms with Crippen LogP contribution < -0.4 is 0 Å². The molecular formula is C36H46SiTi. The molecule has 3 aromatic rings. The van der Waals surface area contributed by atoms with Crippen LogP contribution in [0, 0.1) is 32.8 Å². The second-order valence-electron chi connectivity index (χ2n) is 10.7. The summed E-state index contributed by atoms with van der Waals surface area (Å²) in [4.78, 5) is 0. The molecule has 0 bridgehead atoms. The Bertz CT molecular complexity index is 993. The van der Waals surface area contributed by atoms with Gasteiger partial charge < -0.3 is 0 Å². The third kappa shape index (κ3) is 13.0. The van der Waals surface area contributed by atoms with E-state index in [2.05, 4.69) is 53.8 Å². The zero-order valence-electron chi connectivity index (χ0n) is 24.1. The van der Waals surface area contributed by atoms with E-state index in [1.54, 1.807) is 16.7 Å². The molecule has 0 saturated heterocycles. The molecular weight excluding hydrogens is 508 g/mol. The van der Waals surface area contributed by atoms with Crippen LogP contribution in [0.3, 0.4) is 0 Å². The minimum absolute atomic E-state index is 0. The third-order valence-electron chi connectivity index (χ3n) is 7.02. The molecule has 2 aliphatic rings. The Morgan fingerprint density at radius 3 is 1.42 bits per heavy atom. The zero-order valence-corrected chi connectivity index (χ0v) is 26.7. The monoisotopic (exact) mass is 554 g/mol. The molecule has 0 aliphatic heterocycles. The van der Waals surface area contributed by atoms with Gasteiger partial charge in [0, 0.05) is 8.07 Å². The SMILES string of the molecule is CC[Si](C)(C)CC1=[C-]C2=C(CCCC2)C1C.[CH2-]c1ccccc1.[CH2-]c1ccccc1.[CH2-]c1ccccc1.[Ti+4]. The number of rotatable bonds is 3. The van der Waals surface area contributed by atoms with Crippen LogP contribution in [-0.4, -0.2) is 8.07 Å². The normalized spacial score (nSPS) is 15.6. The summed E-state index contributed by atoms with van der Waals surface area (Å²) in [5.41, 5.74) is 8.19. The van der Waals surface area contributed by atoms with Gasteiger partial charge in [0.15, 0.2) is 0 Å². The van der Waals surface area contributed by atoms with Gasteiger partial charge in [-0.1, -0.05) is 88.8 Å². The molecule has 0 fully saturated rings. The van der Waals surface area contributed by atoms with Crippen molar-refractivity contribution >= 4 is 8.07 Å². The van der Waals surface area contributed by atoms with E-state index in [4.69, 9.17) is 0 Å². The molecule has 0 amide bonds. The van der Waals surface area contributed by atoms with Crippen LogP contribution in [0.5, 0.6) is 0 Å². The maximum Gasteiger partial charge on any atom is 4.00 e. The summed E-state index contributed by atoms with van der Waals surface area (Å²) >= 11 is 0. The summed E-state index contributed by atoms with van der Waals surface area (Å²) in [7, 11) is -0.975. The summed E-state index contributed by atoms with van der Waals surface area (Å²) in [6.07, 6.45) is 9.21. The zero-order chi connectivity index (χ0) is 27.1. The van der Waals surface area contributed by atoms with Crippen molar-refractivity contribution in [3.05, 3.63) is 151 Å². The first-order valence-corrected chi connectivity index (χ1v) is 17.1. The predicted octanol–water partition coefficient (Wildman–Crippen LogP) is 10.6.